The lowest BCUT2D eigenvalue weighted by Gasteiger charge is -1.97. The molecule has 0 aliphatic heterocycles. The van der Waals surface area contributed by atoms with Gasteiger partial charge in [0.2, 0.25) is 5.13 Å². The van der Waals surface area contributed by atoms with Crippen LogP contribution in [0.15, 0.2) is 46.9 Å². The van der Waals surface area contributed by atoms with Crippen molar-refractivity contribution in [3.63, 3.8) is 0 Å². The molecule has 0 fully saturated rings. The molecule has 0 spiro atoms. The second-order valence-electron chi connectivity index (χ2n) is 2.88. The second-order valence-corrected chi connectivity index (χ2v) is 3.75. The highest BCUT2D eigenvalue weighted by molar-refractivity contribution is 7.13. The Balaban J connectivity index is 2.29. The molecule has 1 aromatic heterocycles. The van der Waals surface area contributed by atoms with Gasteiger partial charge in [-0.25, -0.2) is 9.98 Å². The molecular formula is C11H10N2S. The summed E-state index contributed by atoms with van der Waals surface area (Å²) in [5, 5.41) is 2.74. The molecule has 2 aromatic rings. The third-order valence-electron chi connectivity index (χ3n) is 1.87. The summed E-state index contributed by atoms with van der Waals surface area (Å²) in [5.41, 5.74) is 2.14. The predicted octanol–water partition coefficient (Wildman–Crippen LogP) is 3.28. The molecule has 0 bridgehead atoms. The maximum absolute atomic E-state index is 4.41. The molecule has 0 saturated heterocycles. The summed E-state index contributed by atoms with van der Waals surface area (Å²) in [6, 6.07) is 10.1. The van der Waals surface area contributed by atoms with Crippen LogP contribution in [0.1, 0.15) is 12.5 Å². The predicted molar refractivity (Wildman–Crippen MR) is 60.4 cm³/mol. The zero-order valence-corrected chi connectivity index (χ0v) is 8.66. The second kappa shape index (κ2) is 4.15. The average molecular weight is 202 g/mol. The first-order valence-electron chi connectivity index (χ1n) is 4.36. The van der Waals surface area contributed by atoms with Crippen molar-refractivity contribution in [1.82, 2.24) is 4.98 Å². The van der Waals surface area contributed by atoms with Crippen molar-refractivity contribution >= 4 is 22.2 Å². The smallest absolute Gasteiger partial charge is 0.209 e. The Labute approximate surface area is 87.0 Å². The number of thiazole rings is 1. The Kier molecular flexibility index (Phi) is 2.70. The first-order chi connectivity index (χ1) is 6.86. The van der Waals surface area contributed by atoms with Crippen molar-refractivity contribution in [3.05, 3.63) is 47.5 Å². The van der Waals surface area contributed by atoms with E-state index >= 15 is 0 Å². The molecular weight excluding hydrogens is 192 g/mol. The van der Waals surface area contributed by atoms with Gasteiger partial charge in [-0.1, -0.05) is 30.3 Å². The maximum atomic E-state index is 4.41. The van der Waals surface area contributed by atoms with E-state index < -0.39 is 0 Å². The van der Waals surface area contributed by atoms with Gasteiger partial charge in [-0.2, -0.15) is 0 Å². The fourth-order valence-corrected chi connectivity index (χ4v) is 1.71. The zero-order valence-electron chi connectivity index (χ0n) is 7.84. The Morgan fingerprint density at radius 2 is 2.07 bits per heavy atom. The maximum Gasteiger partial charge on any atom is 0.209 e. The van der Waals surface area contributed by atoms with Gasteiger partial charge in [0, 0.05) is 17.3 Å². The highest BCUT2D eigenvalue weighted by Crippen LogP contribution is 2.16. The van der Waals surface area contributed by atoms with Gasteiger partial charge < -0.3 is 0 Å². The molecule has 1 aromatic carbocycles. The van der Waals surface area contributed by atoms with Gasteiger partial charge in [0.05, 0.1) is 0 Å². The molecule has 0 N–H and O–H groups in total. The van der Waals surface area contributed by atoms with E-state index in [-0.39, 0.29) is 0 Å². The minimum absolute atomic E-state index is 0.811. The van der Waals surface area contributed by atoms with E-state index in [0.29, 0.717) is 0 Å². The average Bonchev–Trinajstić information content (AvgIpc) is 2.72. The highest BCUT2D eigenvalue weighted by atomic mass is 32.1. The lowest BCUT2D eigenvalue weighted by atomic mass is 10.1. The van der Waals surface area contributed by atoms with Crippen LogP contribution < -0.4 is 0 Å². The molecule has 0 radical (unpaired) electrons. The van der Waals surface area contributed by atoms with Gasteiger partial charge in [0.15, 0.2) is 0 Å². The van der Waals surface area contributed by atoms with Crippen LogP contribution in [0.5, 0.6) is 0 Å². The molecule has 0 amide bonds. The van der Waals surface area contributed by atoms with E-state index in [1.54, 1.807) is 17.5 Å². The standard InChI is InChI=1S/C11H10N2S/c1-9(10-5-3-2-4-6-10)13-11-12-7-8-14-11/h2-8H,1H3. The number of rotatable bonds is 2. The first-order valence-corrected chi connectivity index (χ1v) is 5.24. The molecule has 2 nitrogen and oxygen atoms in total. The van der Waals surface area contributed by atoms with Crippen molar-refractivity contribution in [2.75, 3.05) is 0 Å². The minimum atomic E-state index is 0.811. The van der Waals surface area contributed by atoms with E-state index in [9.17, 15) is 0 Å². The molecule has 70 valence electrons. The van der Waals surface area contributed by atoms with Crippen LogP contribution in [-0.2, 0) is 0 Å². The number of hydrogen-bond donors (Lipinski definition) is 0. The Bertz CT molecular complexity index is 418. The molecule has 0 aliphatic carbocycles. The number of benzene rings is 1. The van der Waals surface area contributed by atoms with Gasteiger partial charge in [0.1, 0.15) is 0 Å². The normalized spacial score (nSPS) is 11.6. The lowest BCUT2D eigenvalue weighted by molar-refractivity contribution is 1.35. The molecule has 1 heterocycles. The molecule has 2 rings (SSSR count). The van der Waals surface area contributed by atoms with E-state index in [1.807, 2.05) is 42.6 Å². The molecule has 14 heavy (non-hydrogen) atoms. The van der Waals surface area contributed by atoms with Gasteiger partial charge >= 0.3 is 0 Å². The fraction of sp³-hybridized carbons (Fsp3) is 0.0909. The summed E-state index contributed by atoms with van der Waals surface area (Å²) in [6.07, 6.45) is 1.77. The summed E-state index contributed by atoms with van der Waals surface area (Å²) in [6.45, 7) is 2.00. The fourth-order valence-electron chi connectivity index (χ4n) is 1.16. The first kappa shape index (κ1) is 9.09. The van der Waals surface area contributed by atoms with E-state index in [1.165, 1.54) is 0 Å². The van der Waals surface area contributed by atoms with Gasteiger partial charge in [-0.05, 0) is 12.5 Å². The Morgan fingerprint density at radius 1 is 1.29 bits per heavy atom. The number of nitrogens with zero attached hydrogens (tertiary/aromatic N) is 2. The van der Waals surface area contributed by atoms with Crippen molar-refractivity contribution in [1.29, 1.82) is 0 Å². The zero-order chi connectivity index (χ0) is 9.80. The van der Waals surface area contributed by atoms with Gasteiger partial charge in [0.25, 0.3) is 0 Å². The summed E-state index contributed by atoms with van der Waals surface area (Å²) >= 11 is 1.55. The largest absolute Gasteiger partial charge is 0.227 e. The quantitative estimate of drug-likeness (QED) is 0.686. The lowest BCUT2D eigenvalue weighted by Crippen LogP contribution is -1.92. The van der Waals surface area contributed by atoms with Crippen molar-refractivity contribution in [2.24, 2.45) is 4.99 Å². The van der Waals surface area contributed by atoms with Gasteiger partial charge in [-0.15, -0.1) is 11.3 Å². The van der Waals surface area contributed by atoms with Crippen LogP contribution in [0, 0.1) is 0 Å². The third-order valence-corrected chi connectivity index (χ3v) is 2.54. The number of aromatic nitrogens is 1. The van der Waals surface area contributed by atoms with Crippen LogP contribution in [0.2, 0.25) is 0 Å². The number of hydrogen-bond acceptors (Lipinski definition) is 3. The van der Waals surface area contributed by atoms with Crippen LogP contribution in [0.4, 0.5) is 5.13 Å². The molecule has 0 atom stereocenters. The SMILES string of the molecule is CC(=Nc1nccs1)c1ccccc1. The molecule has 3 heteroatoms. The van der Waals surface area contributed by atoms with Crippen LogP contribution in [0.25, 0.3) is 0 Å². The van der Waals surface area contributed by atoms with E-state index in [2.05, 4.69) is 9.98 Å². The molecule has 0 saturated carbocycles. The Hall–Kier alpha value is -1.48. The topological polar surface area (TPSA) is 25.2 Å². The van der Waals surface area contributed by atoms with Crippen LogP contribution in [0.3, 0.4) is 0 Å². The molecule has 0 unspecified atom stereocenters. The minimum Gasteiger partial charge on any atom is -0.227 e. The monoisotopic (exact) mass is 202 g/mol. The third kappa shape index (κ3) is 2.06. The summed E-state index contributed by atoms with van der Waals surface area (Å²) in [5.74, 6) is 0. The van der Waals surface area contributed by atoms with Crippen molar-refractivity contribution < 1.29 is 0 Å². The Morgan fingerprint density at radius 3 is 2.71 bits per heavy atom. The molecule has 0 aliphatic rings. The van der Waals surface area contributed by atoms with Gasteiger partial charge in [-0.3, -0.25) is 0 Å². The van der Waals surface area contributed by atoms with Crippen LogP contribution >= 0.6 is 11.3 Å². The highest BCUT2D eigenvalue weighted by Gasteiger charge is 1.97. The summed E-state index contributed by atoms with van der Waals surface area (Å²) in [7, 11) is 0. The van der Waals surface area contributed by atoms with Crippen molar-refractivity contribution in [2.45, 2.75) is 6.92 Å². The van der Waals surface area contributed by atoms with E-state index in [4.69, 9.17) is 0 Å². The summed E-state index contributed by atoms with van der Waals surface area (Å²) < 4.78 is 0. The van der Waals surface area contributed by atoms with E-state index in [0.717, 1.165) is 16.4 Å². The van der Waals surface area contributed by atoms with Crippen molar-refractivity contribution in [3.8, 4) is 0 Å². The number of aliphatic imine (C=N–C) groups is 1. The summed E-state index contributed by atoms with van der Waals surface area (Å²) in [4.78, 5) is 8.53. The van der Waals surface area contributed by atoms with Crippen LogP contribution in [-0.4, -0.2) is 10.7 Å².